The second kappa shape index (κ2) is 12.6. The molecule has 1 aliphatic carbocycles. The van der Waals surface area contributed by atoms with Gasteiger partial charge in [0.05, 0.1) is 36.7 Å². The van der Waals surface area contributed by atoms with Gasteiger partial charge in [0, 0.05) is 49.3 Å². The van der Waals surface area contributed by atoms with Gasteiger partial charge < -0.3 is 30.1 Å². The van der Waals surface area contributed by atoms with E-state index >= 15 is 0 Å². The SMILES string of the molecule is [2H]C([2H])([2H])NC(=O)c1nnc(NC(=O)C2CC2)cc1Nc1cccc(-c2nc(CN3CCN(C(=O)CC#N)CC3)no2)c1OC. The molecule has 0 radical (unpaired) electrons. The number of carbonyl (C=O) groups excluding carboxylic acids is 3. The Morgan fingerprint density at radius 2 is 2.00 bits per heavy atom. The van der Waals surface area contributed by atoms with Gasteiger partial charge in [0.25, 0.3) is 11.8 Å². The van der Waals surface area contributed by atoms with E-state index < -0.39 is 12.9 Å². The van der Waals surface area contributed by atoms with Gasteiger partial charge in [0.2, 0.25) is 11.8 Å². The predicted molar refractivity (Wildman–Crippen MR) is 148 cm³/mol. The maximum Gasteiger partial charge on any atom is 0.273 e. The smallest absolute Gasteiger partial charge is 0.273 e. The lowest BCUT2D eigenvalue weighted by molar-refractivity contribution is -0.132. The Hall–Kier alpha value is -5.10. The van der Waals surface area contributed by atoms with Crippen LogP contribution in [0.1, 0.15) is 39.7 Å². The Morgan fingerprint density at radius 1 is 1.19 bits per heavy atom. The Morgan fingerprint density at radius 3 is 2.71 bits per heavy atom. The van der Waals surface area contributed by atoms with E-state index in [1.54, 1.807) is 23.1 Å². The molecule has 1 aliphatic heterocycles. The van der Waals surface area contributed by atoms with Gasteiger partial charge in [-0.25, -0.2) is 0 Å². The zero-order valence-electron chi connectivity index (χ0n) is 25.7. The summed E-state index contributed by atoms with van der Waals surface area (Å²) in [5, 5.41) is 28.3. The maximum atomic E-state index is 12.8. The molecule has 3 aromatic rings. The molecule has 3 N–H and O–H groups in total. The van der Waals surface area contributed by atoms with Gasteiger partial charge in [0.1, 0.15) is 6.42 Å². The van der Waals surface area contributed by atoms with Crippen LogP contribution in [0.25, 0.3) is 11.5 Å². The molecule has 1 saturated carbocycles. The highest BCUT2D eigenvalue weighted by atomic mass is 16.5. The van der Waals surface area contributed by atoms with Crippen molar-refractivity contribution in [3.8, 4) is 23.3 Å². The van der Waals surface area contributed by atoms with Crippen molar-refractivity contribution in [3.63, 3.8) is 0 Å². The molecule has 1 aromatic carbocycles. The molecule has 218 valence electrons. The third-order valence-corrected chi connectivity index (χ3v) is 6.83. The van der Waals surface area contributed by atoms with Gasteiger partial charge in [0.15, 0.2) is 23.1 Å². The normalized spacial score (nSPS) is 16.4. The number of carbonyl (C=O) groups is 3. The molecule has 3 heterocycles. The molecule has 3 amide bonds. The Labute approximate surface area is 245 Å². The number of piperazine rings is 1. The quantitative estimate of drug-likeness (QED) is 0.315. The summed E-state index contributed by atoms with van der Waals surface area (Å²) in [6.07, 6.45) is 1.40. The molecule has 0 spiro atoms. The van der Waals surface area contributed by atoms with Gasteiger partial charge in [-0.1, -0.05) is 11.2 Å². The summed E-state index contributed by atoms with van der Waals surface area (Å²) in [5.74, 6) is -0.591. The van der Waals surface area contributed by atoms with Crippen LogP contribution in [0.3, 0.4) is 0 Å². The molecule has 42 heavy (non-hydrogen) atoms. The predicted octanol–water partition coefficient (Wildman–Crippen LogP) is 1.54. The van der Waals surface area contributed by atoms with Gasteiger partial charge >= 0.3 is 0 Å². The van der Waals surface area contributed by atoms with Gasteiger partial charge in [-0.05, 0) is 25.0 Å². The van der Waals surface area contributed by atoms with Crippen LogP contribution in [0, 0.1) is 17.2 Å². The molecule has 2 fully saturated rings. The highest BCUT2D eigenvalue weighted by Crippen LogP contribution is 2.38. The van der Waals surface area contributed by atoms with Crippen molar-refractivity contribution in [3.05, 3.63) is 35.8 Å². The largest absolute Gasteiger partial charge is 0.494 e. The lowest BCUT2D eigenvalue weighted by Gasteiger charge is -2.33. The highest BCUT2D eigenvalue weighted by molar-refractivity contribution is 6.00. The summed E-state index contributed by atoms with van der Waals surface area (Å²) in [5.41, 5.74) is 0.527. The summed E-state index contributed by atoms with van der Waals surface area (Å²) in [4.78, 5) is 45.4. The zero-order chi connectivity index (χ0) is 32.1. The number of rotatable bonds is 10. The van der Waals surface area contributed by atoms with Crippen molar-refractivity contribution in [1.29, 1.82) is 5.26 Å². The minimum Gasteiger partial charge on any atom is -0.494 e. The second-order valence-electron chi connectivity index (χ2n) is 9.73. The van der Waals surface area contributed by atoms with Crippen LogP contribution in [0.15, 0.2) is 28.8 Å². The van der Waals surface area contributed by atoms with E-state index in [1.807, 2.05) is 11.4 Å². The fraction of sp³-hybridized carbons (Fsp3) is 0.407. The number of nitrogens with one attached hydrogen (secondary N) is 3. The van der Waals surface area contributed by atoms with Crippen LogP contribution in [-0.2, 0) is 16.1 Å². The summed E-state index contributed by atoms with van der Waals surface area (Å²) >= 11 is 0. The molecule has 0 atom stereocenters. The molecular weight excluding hydrogens is 544 g/mol. The van der Waals surface area contributed by atoms with Crippen LogP contribution >= 0.6 is 0 Å². The van der Waals surface area contributed by atoms with Crippen LogP contribution in [0.5, 0.6) is 5.75 Å². The molecule has 15 heteroatoms. The van der Waals surface area contributed by atoms with Crippen LogP contribution in [0.2, 0.25) is 0 Å². The van der Waals surface area contributed by atoms with E-state index in [2.05, 4.69) is 35.9 Å². The number of para-hydroxylation sites is 1. The fourth-order valence-corrected chi connectivity index (χ4v) is 4.48. The van der Waals surface area contributed by atoms with E-state index in [-0.39, 0.29) is 53.0 Å². The number of amides is 3. The molecule has 1 saturated heterocycles. The van der Waals surface area contributed by atoms with E-state index in [0.717, 1.165) is 12.8 Å². The average Bonchev–Trinajstić information content (AvgIpc) is 3.75. The molecule has 2 aromatic heterocycles. The molecule has 2 aliphatic rings. The number of benzene rings is 1. The first-order valence-electron chi connectivity index (χ1n) is 14.7. The van der Waals surface area contributed by atoms with E-state index in [1.165, 1.54) is 13.2 Å². The fourth-order valence-electron chi connectivity index (χ4n) is 4.48. The standard InChI is InChI=1S/C27H30N10O5/c1-29-26(40)23-19(14-20(33-34-23)31-25(39)16-6-7-16)30-18-5-3-4-17(24(18)41-2)27-32-21(35-42-27)15-36-10-12-37(13-11-36)22(38)8-9-28/h3-5,14,16H,6-8,10-13,15H2,1-2H3,(H,29,40)(H2,30,31,33,39)/i1D3. The number of nitriles is 1. The lowest BCUT2D eigenvalue weighted by Crippen LogP contribution is -2.48. The first-order valence-corrected chi connectivity index (χ1v) is 13.2. The van der Waals surface area contributed by atoms with E-state index in [0.29, 0.717) is 49.8 Å². The van der Waals surface area contributed by atoms with Crippen molar-refractivity contribution in [2.24, 2.45) is 5.92 Å². The van der Waals surface area contributed by atoms with Gasteiger partial charge in [-0.3, -0.25) is 19.3 Å². The number of hydrogen-bond donors (Lipinski definition) is 3. The number of hydrogen-bond acceptors (Lipinski definition) is 12. The molecule has 0 bridgehead atoms. The Kier molecular flexibility index (Phi) is 7.41. The molecule has 15 nitrogen and oxygen atoms in total. The van der Waals surface area contributed by atoms with Crippen LogP contribution < -0.4 is 20.7 Å². The van der Waals surface area contributed by atoms with Gasteiger partial charge in [-0.2, -0.15) is 10.2 Å². The summed E-state index contributed by atoms with van der Waals surface area (Å²) in [6.45, 7) is -0.229. The summed E-state index contributed by atoms with van der Waals surface area (Å²) < 4.78 is 33.4. The zero-order valence-corrected chi connectivity index (χ0v) is 22.7. The Balaban J connectivity index is 1.36. The third-order valence-electron chi connectivity index (χ3n) is 6.83. The maximum absolute atomic E-state index is 12.8. The van der Waals surface area contributed by atoms with Crippen molar-refractivity contribution in [2.75, 3.05) is 50.9 Å². The van der Waals surface area contributed by atoms with Crippen molar-refractivity contribution >= 4 is 34.9 Å². The second-order valence-corrected chi connectivity index (χ2v) is 9.73. The van der Waals surface area contributed by atoms with Crippen molar-refractivity contribution in [2.45, 2.75) is 25.8 Å². The first kappa shape index (κ1) is 24.7. The lowest BCUT2D eigenvalue weighted by atomic mass is 10.1. The molecule has 0 unspecified atom stereocenters. The molecular formula is C27H30N10O5. The summed E-state index contributed by atoms with van der Waals surface area (Å²) in [7, 11) is 1.43. The Bertz CT molecular complexity index is 1630. The number of ether oxygens (including phenoxy) is 1. The topological polar surface area (TPSA) is 191 Å². The average molecular weight is 578 g/mol. The number of nitrogens with zero attached hydrogens (tertiary/aromatic N) is 7. The minimum absolute atomic E-state index is 0.0620. The first-order chi connectivity index (χ1) is 21.5. The van der Waals surface area contributed by atoms with Crippen LogP contribution in [0.4, 0.5) is 17.2 Å². The summed E-state index contributed by atoms with van der Waals surface area (Å²) in [6, 6.07) is 8.31. The number of aromatic nitrogens is 4. The van der Waals surface area contributed by atoms with Crippen LogP contribution in [-0.4, -0.2) is 88.1 Å². The van der Waals surface area contributed by atoms with Gasteiger partial charge in [-0.15, -0.1) is 10.2 Å². The highest BCUT2D eigenvalue weighted by Gasteiger charge is 2.30. The van der Waals surface area contributed by atoms with E-state index in [4.69, 9.17) is 18.6 Å². The monoisotopic (exact) mass is 577 g/mol. The molecule has 5 rings (SSSR count). The number of methoxy groups -OCH3 is 1. The third kappa shape index (κ3) is 6.44. The minimum atomic E-state index is -2.77. The van der Waals surface area contributed by atoms with Crippen molar-refractivity contribution < 1.29 is 27.8 Å². The van der Waals surface area contributed by atoms with E-state index in [9.17, 15) is 14.4 Å². The number of anilines is 3. The van der Waals surface area contributed by atoms with Crippen molar-refractivity contribution in [1.82, 2.24) is 35.5 Å².